The molecule has 1 fully saturated rings. The molecule has 0 bridgehead atoms. The molecule has 0 unspecified atom stereocenters. The molecule has 1 aromatic carbocycles. The van der Waals surface area contributed by atoms with Crippen LogP contribution >= 0.6 is 0 Å². The Morgan fingerprint density at radius 1 is 1.32 bits per heavy atom. The molecule has 0 spiro atoms. The van der Waals surface area contributed by atoms with Gasteiger partial charge in [0.1, 0.15) is 18.2 Å². The van der Waals surface area contributed by atoms with Crippen LogP contribution in [-0.4, -0.2) is 55.6 Å². The van der Waals surface area contributed by atoms with Crippen LogP contribution in [0.2, 0.25) is 0 Å². The van der Waals surface area contributed by atoms with Crippen LogP contribution in [0.1, 0.15) is 19.8 Å². The van der Waals surface area contributed by atoms with Crippen LogP contribution in [0.3, 0.4) is 0 Å². The van der Waals surface area contributed by atoms with Crippen molar-refractivity contribution in [1.29, 1.82) is 0 Å². The van der Waals surface area contributed by atoms with E-state index in [1.807, 2.05) is 0 Å². The first-order valence-corrected chi connectivity index (χ1v) is 8.00. The van der Waals surface area contributed by atoms with E-state index in [-0.39, 0.29) is 5.82 Å². The Morgan fingerprint density at radius 2 is 2.09 bits per heavy atom. The van der Waals surface area contributed by atoms with E-state index in [4.69, 9.17) is 9.47 Å². The Bertz CT molecular complexity index is 426. The molecule has 4 nitrogen and oxygen atoms in total. The molecule has 1 heterocycles. The molecule has 124 valence electrons. The van der Waals surface area contributed by atoms with Crippen LogP contribution < -0.4 is 4.74 Å². The van der Waals surface area contributed by atoms with E-state index in [1.54, 1.807) is 12.1 Å². The summed E-state index contributed by atoms with van der Waals surface area (Å²) < 4.78 is 23.6. The van der Waals surface area contributed by atoms with Crippen LogP contribution in [0, 0.1) is 11.7 Å². The van der Waals surface area contributed by atoms with Gasteiger partial charge in [0, 0.05) is 13.1 Å². The summed E-state index contributed by atoms with van der Waals surface area (Å²) in [6.45, 7) is 6.16. The molecular weight excluding hydrogens is 285 g/mol. The minimum absolute atomic E-state index is 0.279. The summed E-state index contributed by atoms with van der Waals surface area (Å²) in [6, 6.07) is 5.89. The predicted molar refractivity (Wildman–Crippen MR) is 83.6 cm³/mol. The van der Waals surface area contributed by atoms with Crippen LogP contribution in [0.15, 0.2) is 24.3 Å². The highest BCUT2D eigenvalue weighted by Crippen LogP contribution is 2.15. The second kappa shape index (κ2) is 9.08. The molecule has 1 saturated heterocycles. The number of β-amino-alcohol motifs (C(OH)–C–C–N with tert-alkyl or cyclic N) is 1. The normalized spacial score (nSPS) is 20.8. The minimum Gasteiger partial charge on any atom is -0.491 e. The third-order valence-corrected chi connectivity index (χ3v) is 3.83. The van der Waals surface area contributed by atoms with E-state index in [2.05, 4.69) is 11.8 Å². The number of halogens is 1. The maximum absolute atomic E-state index is 12.7. The van der Waals surface area contributed by atoms with E-state index in [1.165, 1.54) is 25.0 Å². The fourth-order valence-corrected chi connectivity index (χ4v) is 2.77. The molecule has 0 aromatic heterocycles. The molecule has 2 rings (SSSR count). The number of piperidine rings is 1. The quantitative estimate of drug-likeness (QED) is 0.748. The maximum atomic E-state index is 12.7. The average molecular weight is 311 g/mol. The van der Waals surface area contributed by atoms with E-state index >= 15 is 0 Å². The summed E-state index contributed by atoms with van der Waals surface area (Å²) in [5.41, 5.74) is 0. The summed E-state index contributed by atoms with van der Waals surface area (Å²) in [7, 11) is 0. The maximum Gasteiger partial charge on any atom is 0.123 e. The standard InChI is InChI=1S/C17H26FNO3/c1-14-3-2-8-19(11-14)12-16(20)13-21-9-10-22-17-6-4-15(18)5-7-17/h4-7,14,16,20H,2-3,8-13H2,1H3/t14-,16-/m1/s1. The molecule has 0 radical (unpaired) electrons. The highest BCUT2D eigenvalue weighted by atomic mass is 19.1. The van der Waals surface area contributed by atoms with Gasteiger partial charge in [0.15, 0.2) is 0 Å². The fraction of sp³-hybridized carbons (Fsp3) is 0.647. The number of nitrogens with zero attached hydrogens (tertiary/aromatic N) is 1. The number of benzene rings is 1. The monoisotopic (exact) mass is 311 g/mol. The number of aliphatic hydroxyl groups excluding tert-OH is 1. The Balaban J connectivity index is 1.53. The third kappa shape index (κ3) is 6.30. The van der Waals surface area contributed by atoms with E-state index in [0.29, 0.717) is 38.0 Å². The van der Waals surface area contributed by atoms with Crippen molar-refractivity contribution in [3.63, 3.8) is 0 Å². The zero-order valence-electron chi connectivity index (χ0n) is 13.2. The molecule has 5 heteroatoms. The molecule has 1 N–H and O–H groups in total. The van der Waals surface area contributed by atoms with E-state index < -0.39 is 6.10 Å². The summed E-state index contributed by atoms with van der Waals surface area (Å²) >= 11 is 0. The van der Waals surface area contributed by atoms with Crippen molar-refractivity contribution in [2.24, 2.45) is 5.92 Å². The second-order valence-corrected chi connectivity index (χ2v) is 6.04. The summed E-state index contributed by atoms with van der Waals surface area (Å²) in [5, 5.41) is 9.99. The highest BCUT2D eigenvalue weighted by molar-refractivity contribution is 5.21. The van der Waals surface area contributed by atoms with Crippen molar-refractivity contribution in [3.05, 3.63) is 30.1 Å². The van der Waals surface area contributed by atoms with Crippen LogP contribution in [0.4, 0.5) is 4.39 Å². The van der Waals surface area contributed by atoms with Crippen molar-refractivity contribution < 1.29 is 19.0 Å². The van der Waals surface area contributed by atoms with Crippen molar-refractivity contribution in [2.45, 2.75) is 25.9 Å². The molecule has 1 aliphatic rings. The van der Waals surface area contributed by atoms with Crippen LogP contribution in [-0.2, 0) is 4.74 Å². The largest absolute Gasteiger partial charge is 0.491 e. The third-order valence-electron chi connectivity index (χ3n) is 3.83. The number of hydrogen-bond acceptors (Lipinski definition) is 4. The number of rotatable bonds is 8. The van der Waals surface area contributed by atoms with Gasteiger partial charge in [0.2, 0.25) is 0 Å². The van der Waals surface area contributed by atoms with Gasteiger partial charge in [-0.2, -0.15) is 0 Å². The van der Waals surface area contributed by atoms with Gasteiger partial charge in [-0.15, -0.1) is 0 Å². The molecule has 0 aliphatic carbocycles. The van der Waals surface area contributed by atoms with Gasteiger partial charge in [-0.1, -0.05) is 6.92 Å². The van der Waals surface area contributed by atoms with Gasteiger partial charge in [0.25, 0.3) is 0 Å². The molecule has 1 aromatic rings. The zero-order valence-corrected chi connectivity index (χ0v) is 13.2. The Kier molecular flexibility index (Phi) is 7.09. The van der Waals surface area contributed by atoms with Gasteiger partial charge in [-0.25, -0.2) is 4.39 Å². The van der Waals surface area contributed by atoms with Gasteiger partial charge in [-0.3, -0.25) is 0 Å². The molecular formula is C17H26FNO3. The molecule has 0 saturated carbocycles. The first-order chi connectivity index (χ1) is 10.6. The fourth-order valence-electron chi connectivity index (χ4n) is 2.77. The Hall–Kier alpha value is -1.17. The SMILES string of the molecule is C[C@@H]1CCCN(C[C@@H](O)COCCOc2ccc(F)cc2)C1. The molecule has 0 amide bonds. The van der Waals surface area contributed by atoms with Gasteiger partial charge in [0.05, 0.1) is 19.3 Å². The lowest BCUT2D eigenvalue weighted by Crippen LogP contribution is -2.40. The minimum atomic E-state index is -0.462. The summed E-state index contributed by atoms with van der Waals surface area (Å²) in [6.07, 6.45) is 2.03. The van der Waals surface area contributed by atoms with E-state index in [0.717, 1.165) is 13.1 Å². The average Bonchev–Trinajstić information content (AvgIpc) is 2.49. The second-order valence-electron chi connectivity index (χ2n) is 6.04. The smallest absolute Gasteiger partial charge is 0.123 e. The predicted octanol–water partition coefficient (Wildman–Crippen LogP) is 2.31. The van der Waals surface area contributed by atoms with Gasteiger partial charge in [-0.05, 0) is 49.6 Å². The zero-order chi connectivity index (χ0) is 15.8. The first kappa shape index (κ1) is 17.2. The van der Waals surface area contributed by atoms with Gasteiger partial charge < -0.3 is 19.5 Å². The lowest BCUT2D eigenvalue weighted by Gasteiger charge is -2.32. The summed E-state index contributed by atoms with van der Waals surface area (Å²) in [5.74, 6) is 1.05. The highest BCUT2D eigenvalue weighted by Gasteiger charge is 2.18. The first-order valence-electron chi connectivity index (χ1n) is 8.00. The molecule has 1 aliphatic heterocycles. The number of hydrogen-bond donors (Lipinski definition) is 1. The summed E-state index contributed by atoms with van der Waals surface area (Å²) in [4.78, 5) is 2.30. The van der Waals surface area contributed by atoms with Crippen molar-refractivity contribution >= 4 is 0 Å². The molecule has 22 heavy (non-hydrogen) atoms. The Morgan fingerprint density at radius 3 is 2.82 bits per heavy atom. The number of ether oxygens (including phenoxy) is 2. The Labute approximate surface area is 131 Å². The van der Waals surface area contributed by atoms with E-state index in [9.17, 15) is 9.50 Å². The lowest BCUT2D eigenvalue weighted by molar-refractivity contribution is 0.00222. The van der Waals surface area contributed by atoms with Crippen molar-refractivity contribution in [2.75, 3.05) is 39.5 Å². The van der Waals surface area contributed by atoms with Crippen LogP contribution in [0.5, 0.6) is 5.75 Å². The van der Waals surface area contributed by atoms with Crippen LogP contribution in [0.25, 0.3) is 0 Å². The topological polar surface area (TPSA) is 41.9 Å². The van der Waals surface area contributed by atoms with Crippen molar-refractivity contribution in [1.82, 2.24) is 4.90 Å². The number of likely N-dealkylation sites (tertiary alicyclic amines) is 1. The van der Waals surface area contributed by atoms with Gasteiger partial charge >= 0.3 is 0 Å². The van der Waals surface area contributed by atoms with Crippen molar-refractivity contribution in [3.8, 4) is 5.75 Å². The lowest BCUT2D eigenvalue weighted by atomic mass is 10.0. The molecule has 2 atom stereocenters. The number of aliphatic hydroxyl groups is 1.